The molecule has 6 fully saturated rings. The molecule has 3 aromatic carbocycles. The summed E-state index contributed by atoms with van der Waals surface area (Å²) < 4.78 is 0. The summed E-state index contributed by atoms with van der Waals surface area (Å²) in [5.41, 5.74) is 7.03. The molecule has 3 saturated heterocycles. The van der Waals surface area contributed by atoms with Crippen LogP contribution in [0.2, 0.25) is 0 Å². The first-order valence-electron chi connectivity index (χ1n) is 14.0. The second kappa shape index (κ2) is 7.01. The molecule has 3 saturated carbocycles. The molecule has 6 heteroatoms. The Hall–Kier alpha value is -3.74. The lowest BCUT2D eigenvalue weighted by Gasteiger charge is -2.11. The third-order valence-electron chi connectivity index (χ3n) is 10.0. The highest BCUT2D eigenvalue weighted by Gasteiger charge is 2.81. The zero-order chi connectivity index (χ0) is 24.5. The molecule has 3 aliphatic carbocycles. The third-order valence-corrected chi connectivity index (χ3v) is 10.0. The van der Waals surface area contributed by atoms with Crippen LogP contribution in [0.4, 0.5) is 0 Å². The molecule has 0 amide bonds. The van der Waals surface area contributed by atoms with Gasteiger partial charge in [-0.25, -0.2) is 9.97 Å². The average molecular weight is 497 g/mol. The van der Waals surface area contributed by atoms with Crippen molar-refractivity contribution in [2.45, 2.75) is 37.0 Å². The van der Waals surface area contributed by atoms with Gasteiger partial charge < -0.3 is 20.6 Å². The van der Waals surface area contributed by atoms with E-state index >= 15 is 0 Å². The van der Waals surface area contributed by atoms with Crippen LogP contribution in [0.3, 0.4) is 0 Å². The number of hydrogen-bond acceptors (Lipinski definition) is 4. The lowest BCUT2D eigenvalue weighted by Crippen LogP contribution is -2.18. The molecule has 2 bridgehead atoms. The van der Waals surface area contributed by atoms with Gasteiger partial charge in [0.2, 0.25) is 0 Å². The van der Waals surface area contributed by atoms with Gasteiger partial charge in [-0.2, -0.15) is 0 Å². The lowest BCUT2D eigenvalue weighted by atomic mass is 9.94. The number of rotatable bonds is 5. The summed E-state index contributed by atoms with van der Waals surface area (Å²) >= 11 is 0. The summed E-state index contributed by atoms with van der Waals surface area (Å²) in [4.78, 5) is 16.7. The van der Waals surface area contributed by atoms with Crippen LogP contribution in [0.25, 0.3) is 44.4 Å². The molecule has 4 N–H and O–H groups in total. The fourth-order valence-electron chi connectivity index (χ4n) is 7.77. The van der Waals surface area contributed by atoms with E-state index in [0.717, 1.165) is 58.8 Å². The minimum Gasteiger partial charge on any atom is -0.341 e. The number of nitrogens with zero attached hydrogens (tertiary/aromatic N) is 2. The Labute approximate surface area is 220 Å². The normalized spacial score (nSPS) is 33.4. The van der Waals surface area contributed by atoms with Crippen molar-refractivity contribution in [3.8, 4) is 33.6 Å². The summed E-state index contributed by atoms with van der Waals surface area (Å²) in [5, 5.41) is 9.94. The van der Waals surface area contributed by atoms with Gasteiger partial charge in [-0.3, -0.25) is 0 Å². The third kappa shape index (κ3) is 2.79. The van der Waals surface area contributed by atoms with Gasteiger partial charge in [-0.1, -0.05) is 60.7 Å². The van der Waals surface area contributed by atoms with E-state index in [2.05, 4.69) is 81.3 Å². The first-order valence-corrected chi connectivity index (χ1v) is 14.0. The maximum absolute atomic E-state index is 4.79. The average Bonchev–Trinajstić information content (AvgIpc) is 3.69. The number of aromatic amines is 2. The number of H-pyrrole nitrogens is 2. The Morgan fingerprint density at radius 1 is 0.632 bits per heavy atom. The second-order valence-corrected chi connectivity index (χ2v) is 12.1. The number of nitrogens with one attached hydrogen (secondary N) is 4. The second-order valence-electron chi connectivity index (χ2n) is 12.1. The molecule has 2 unspecified atom stereocenters. The highest BCUT2D eigenvalue weighted by Crippen LogP contribution is 2.77. The molecule has 8 atom stereocenters. The fourth-order valence-corrected chi connectivity index (χ4v) is 7.77. The maximum atomic E-state index is 4.79. The van der Waals surface area contributed by atoms with Gasteiger partial charge in [0.25, 0.3) is 0 Å². The molecule has 5 heterocycles. The zero-order valence-corrected chi connectivity index (χ0v) is 20.9. The number of imidazole rings is 2. The van der Waals surface area contributed by atoms with Gasteiger partial charge in [0.15, 0.2) is 0 Å². The Kier molecular flexibility index (Phi) is 3.74. The predicted octanol–water partition coefficient (Wildman–Crippen LogP) is 5.60. The summed E-state index contributed by atoms with van der Waals surface area (Å²) in [6, 6.07) is 24.4. The molecule has 3 aliphatic heterocycles. The molecule has 5 aromatic rings. The molecular weight excluding hydrogens is 468 g/mol. The fraction of sp³-hybridized carbons (Fsp3) is 0.312. The van der Waals surface area contributed by atoms with Crippen molar-refractivity contribution in [2.24, 2.45) is 23.7 Å². The minimum atomic E-state index is 0.378. The summed E-state index contributed by atoms with van der Waals surface area (Å²) in [6.45, 7) is 0. The number of hydrogen-bond donors (Lipinski definition) is 4. The molecular formula is C32H28N6. The lowest BCUT2D eigenvalue weighted by molar-refractivity contribution is 0.543. The van der Waals surface area contributed by atoms with Crippen LogP contribution in [0.5, 0.6) is 0 Å². The van der Waals surface area contributed by atoms with E-state index in [-0.39, 0.29) is 0 Å². The number of aromatic nitrogens is 4. The molecule has 38 heavy (non-hydrogen) atoms. The molecule has 0 radical (unpaired) electrons. The van der Waals surface area contributed by atoms with Crippen LogP contribution < -0.4 is 10.6 Å². The zero-order valence-electron chi connectivity index (χ0n) is 20.9. The Morgan fingerprint density at radius 3 is 2.11 bits per heavy atom. The van der Waals surface area contributed by atoms with E-state index in [1.54, 1.807) is 0 Å². The van der Waals surface area contributed by atoms with Crippen molar-refractivity contribution in [2.75, 3.05) is 0 Å². The molecule has 2 aromatic heterocycles. The quantitative estimate of drug-likeness (QED) is 0.255. The highest BCUT2D eigenvalue weighted by molar-refractivity contribution is 6.04. The van der Waals surface area contributed by atoms with Crippen LogP contribution in [0.15, 0.2) is 73.1 Å². The minimum absolute atomic E-state index is 0.378. The molecule has 186 valence electrons. The number of benzene rings is 3. The molecule has 6 aliphatic rings. The van der Waals surface area contributed by atoms with Crippen molar-refractivity contribution in [3.63, 3.8) is 0 Å². The van der Waals surface area contributed by atoms with Crippen molar-refractivity contribution in [3.05, 3.63) is 84.7 Å². The van der Waals surface area contributed by atoms with Gasteiger partial charge in [0.05, 0.1) is 35.9 Å². The van der Waals surface area contributed by atoms with Gasteiger partial charge in [0.1, 0.15) is 11.6 Å². The van der Waals surface area contributed by atoms with Crippen molar-refractivity contribution < 1.29 is 0 Å². The Balaban J connectivity index is 0.964. The van der Waals surface area contributed by atoms with E-state index in [0.29, 0.717) is 12.1 Å². The topological polar surface area (TPSA) is 81.4 Å². The van der Waals surface area contributed by atoms with Crippen molar-refractivity contribution >= 4 is 10.8 Å². The monoisotopic (exact) mass is 496 g/mol. The van der Waals surface area contributed by atoms with Crippen LogP contribution in [-0.4, -0.2) is 32.0 Å². The molecule has 11 rings (SSSR count). The van der Waals surface area contributed by atoms with Crippen LogP contribution in [0.1, 0.15) is 36.6 Å². The molecule has 6 nitrogen and oxygen atoms in total. The highest BCUT2D eigenvalue weighted by atomic mass is 15.2. The summed E-state index contributed by atoms with van der Waals surface area (Å²) in [5.74, 6) is 5.72. The van der Waals surface area contributed by atoms with Crippen LogP contribution in [0, 0.1) is 23.7 Å². The van der Waals surface area contributed by atoms with Gasteiger partial charge >= 0.3 is 0 Å². The van der Waals surface area contributed by atoms with E-state index in [1.807, 2.05) is 12.4 Å². The Morgan fingerprint density at radius 2 is 1.34 bits per heavy atom. The Bertz CT molecular complexity index is 1720. The first-order chi connectivity index (χ1) is 18.8. The first kappa shape index (κ1) is 20.3. The number of fused-ring (bicyclic) bond motifs is 3. The van der Waals surface area contributed by atoms with Crippen LogP contribution >= 0.6 is 0 Å². The van der Waals surface area contributed by atoms with Gasteiger partial charge in [0, 0.05) is 17.6 Å². The summed E-state index contributed by atoms with van der Waals surface area (Å²) in [7, 11) is 0. The SMILES string of the molecule is c1cc(-c2cnc([C@H]3N[C@@H]4C5C3[C@@H]54)[nH]2)c2cccc(-c3ccc(-c4cnc([C@@H]5C[C@H]6C[C@H]6N5)[nH]4)cc3)c2c1. The van der Waals surface area contributed by atoms with Crippen molar-refractivity contribution in [1.29, 1.82) is 0 Å². The smallest absolute Gasteiger partial charge is 0.124 e. The number of piperidine rings is 2. The summed E-state index contributed by atoms with van der Waals surface area (Å²) in [6.07, 6.45) is 6.54. The van der Waals surface area contributed by atoms with Crippen LogP contribution in [-0.2, 0) is 0 Å². The largest absolute Gasteiger partial charge is 0.341 e. The van der Waals surface area contributed by atoms with E-state index < -0.39 is 0 Å². The standard InChI is InChI=1S/C32H28N6/c1-3-18(15-7-9-16(10-8-15)24-13-33-31(36-24)23-12-17-11-22(17)35-23)19-4-2-6-21(20(19)5-1)25-14-34-32(37-25)30-28-26-27(28)29(26)38-30/h1-10,13-14,17,22-23,26-30,35,38H,11-12H2,(H,33,36)(H,34,37)/t17-,22-,23+,26-,27?,28?,29+,30+/m1/s1. The van der Waals surface area contributed by atoms with E-state index in [9.17, 15) is 0 Å². The van der Waals surface area contributed by atoms with E-state index in [1.165, 1.54) is 45.9 Å². The predicted molar refractivity (Wildman–Crippen MR) is 147 cm³/mol. The van der Waals surface area contributed by atoms with E-state index in [4.69, 9.17) is 9.97 Å². The maximum Gasteiger partial charge on any atom is 0.124 e. The van der Waals surface area contributed by atoms with Crippen molar-refractivity contribution in [1.82, 2.24) is 30.6 Å². The van der Waals surface area contributed by atoms with Gasteiger partial charge in [-0.05, 0) is 64.0 Å². The van der Waals surface area contributed by atoms with Gasteiger partial charge in [-0.15, -0.1) is 0 Å². The molecule has 0 spiro atoms.